The predicted molar refractivity (Wildman–Crippen MR) is 87.6 cm³/mol. The van der Waals surface area contributed by atoms with E-state index in [0.29, 0.717) is 36.2 Å². The van der Waals surface area contributed by atoms with E-state index in [4.69, 9.17) is 5.73 Å². The number of carbonyl (C=O) groups is 1. The van der Waals surface area contributed by atoms with Crippen molar-refractivity contribution >= 4 is 16.9 Å². The summed E-state index contributed by atoms with van der Waals surface area (Å²) in [5.41, 5.74) is 6.26. The third-order valence-corrected chi connectivity index (χ3v) is 4.28. The van der Waals surface area contributed by atoms with Gasteiger partial charge in [0.15, 0.2) is 0 Å². The fraction of sp³-hybridized carbons (Fsp3) is 0.438. The number of hydrogen-bond donors (Lipinski definition) is 2. The molecule has 0 radical (unpaired) electrons. The van der Waals surface area contributed by atoms with Crippen LogP contribution in [0, 0.1) is 0 Å². The summed E-state index contributed by atoms with van der Waals surface area (Å²) in [4.78, 5) is 40.5. The molecule has 0 spiro atoms. The van der Waals surface area contributed by atoms with Crippen LogP contribution in [0.5, 0.6) is 0 Å². The van der Waals surface area contributed by atoms with E-state index < -0.39 is 11.1 Å². The molecule has 7 heteroatoms. The smallest absolute Gasteiger partial charge is 0.316 e. The molecule has 0 bridgehead atoms. The molecule has 1 fully saturated rings. The Balaban J connectivity index is 2.03. The van der Waals surface area contributed by atoms with Crippen LogP contribution in [-0.2, 0) is 6.54 Å². The van der Waals surface area contributed by atoms with Crippen molar-refractivity contribution in [1.29, 1.82) is 0 Å². The van der Waals surface area contributed by atoms with Crippen LogP contribution in [0.2, 0.25) is 0 Å². The molecule has 2 aromatic rings. The molecule has 3 rings (SSSR count). The molecule has 1 atom stereocenters. The van der Waals surface area contributed by atoms with E-state index in [2.05, 4.69) is 4.98 Å². The number of nitrogens with two attached hydrogens (primary N) is 1. The van der Waals surface area contributed by atoms with E-state index in [1.54, 1.807) is 30.0 Å². The number of aryl methyl sites for hydroxylation is 1. The Morgan fingerprint density at radius 2 is 2.17 bits per heavy atom. The number of fused-ring (bicyclic) bond motifs is 1. The van der Waals surface area contributed by atoms with Crippen LogP contribution in [0.4, 0.5) is 0 Å². The average molecular weight is 316 g/mol. The predicted octanol–water partition coefficient (Wildman–Crippen LogP) is 0.273. The Hall–Kier alpha value is -2.41. The summed E-state index contributed by atoms with van der Waals surface area (Å²) < 4.78 is 1.40. The van der Waals surface area contributed by atoms with Crippen molar-refractivity contribution in [3.8, 4) is 0 Å². The van der Waals surface area contributed by atoms with Gasteiger partial charge in [0.2, 0.25) is 0 Å². The first-order valence-electron chi connectivity index (χ1n) is 7.83. The lowest BCUT2D eigenvalue weighted by Crippen LogP contribution is -2.45. The van der Waals surface area contributed by atoms with Crippen molar-refractivity contribution in [2.45, 2.75) is 32.4 Å². The van der Waals surface area contributed by atoms with Gasteiger partial charge in [0.1, 0.15) is 0 Å². The number of hydrogen-bond acceptors (Lipinski definition) is 4. The Morgan fingerprint density at radius 1 is 1.39 bits per heavy atom. The minimum atomic E-state index is -0.677. The Morgan fingerprint density at radius 3 is 2.87 bits per heavy atom. The van der Waals surface area contributed by atoms with Gasteiger partial charge < -0.3 is 20.2 Å². The minimum Gasteiger partial charge on any atom is -0.337 e. The fourth-order valence-electron chi connectivity index (χ4n) is 3.10. The molecule has 1 aliphatic rings. The molecule has 1 saturated heterocycles. The topological polar surface area (TPSA) is 101 Å². The number of H-pyrrole nitrogens is 1. The van der Waals surface area contributed by atoms with Crippen molar-refractivity contribution in [3.63, 3.8) is 0 Å². The average Bonchev–Trinajstić information content (AvgIpc) is 2.55. The zero-order valence-electron chi connectivity index (χ0n) is 13.0. The molecule has 0 aliphatic carbocycles. The number of likely N-dealkylation sites (tertiary alicyclic amines) is 1. The van der Waals surface area contributed by atoms with Crippen LogP contribution in [-0.4, -0.2) is 39.5 Å². The molecule has 1 aromatic heterocycles. The van der Waals surface area contributed by atoms with Gasteiger partial charge in [0, 0.05) is 31.2 Å². The third kappa shape index (κ3) is 2.79. The first-order valence-corrected chi connectivity index (χ1v) is 7.83. The van der Waals surface area contributed by atoms with E-state index in [9.17, 15) is 14.4 Å². The molecular weight excluding hydrogens is 296 g/mol. The van der Waals surface area contributed by atoms with Crippen molar-refractivity contribution in [1.82, 2.24) is 14.5 Å². The lowest BCUT2D eigenvalue weighted by molar-refractivity contribution is 0.0709. The standard InChI is InChI=1S/C16H20N4O3/c1-2-20-13-6-5-10(8-12(13)18-14(21)16(20)23)15(22)19-7-3-4-11(17)9-19/h5-6,8,11H,2-4,7,9,17H2,1H3,(H,18,21). The Labute approximate surface area is 132 Å². The number of piperidine rings is 1. The molecule has 1 aromatic carbocycles. The van der Waals surface area contributed by atoms with Gasteiger partial charge in [-0.1, -0.05) is 0 Å². The highest BCUT2D eigenvalue weighted by atomic mass is 16.2. The zero-order valence-corrected chi connectivity index (χ0v) is 13.0. The van der Waals surface area contributed by atoms with Crippen molar-refractivity contribution < 1.29 is 4.79 Å². The number of nitrogens with one attached hydrogen (secondary N) is 1. The van der Waals surface area contributed by atoms with E-state index in [0.717, 1.165) is 12.8 Å². The molecule has 3 N–H and O–H groups in total. The monoisotopic (exact) mass is 316 g/mol. The number of nitrogens with zero attached hydrogens (tertiary/aromatic N) is 2. The maximum absolute atomic E-state index is 12.6. The minimum absolute atomic E-state index is 0.0123. The number of aromatic amines is 1. The number of benzene rings is 1. The molecule has 23 heavy (non-hydrogen) atoms. The van der Waals surface area contributed by atoms with E-state index >= 15 is 0 Å². The number of amides is 1. The van der Waals surface area contributed by atoms with Gasteiger partial charge in [0.05, 0.1) is 11.0 Å². The maximum atomic E-state index is 12.6. The highest BCUT2D eigenvalue weighted by Crippen LogP contribution is 2.16. The molecule has 1 aliphatic heterocycles. The summed E-state index contributed by atoms with van der Waals surface area (Å²) >= 11 is 0. The Kier molecular flexibility index (Phi) is 4.04. The fourth-order valence-corrected chi connectivity index (χ4v) is 3.10. The lowest BCUT2D eigenvalue weighted by Gasteiger charge is -2.30. The summed E-state index contributed by atoms with van der Waals surface area (Å²) in [5, 5.41) is 0. The quantitative estimate of drug-likeness (QED) is 0.777. The molecule has 2 heterocycles. The largest absolute Gasteiger partial charge is 0.337 e. The van der Waals surface area contributed by atoms with E-state index in [1.165, 1.54) is 4.57 Å². The number of rotatable bonds is 2. The van der Waals surface area contributed by atoms with Gasteiger partial charge >= 0.3 is 11.1 Å². The summed E-state index contributed by atoms with van der Waals surface area (Å²) in [6.07, 6.45) is 1.82. The van der Waals surface area contributed by atoms with Gasteiger partial charge in [-0.3, -0.25) is 14.4 Å². The summed E-state index contributed by atoms with van der Waals surface area (Å²) in [5.74, 6) is -0.0999. The van der Waals surface area contributed by atoms with Crippen LogP contribution >= 0.6 is 0 Å². The molecule has 1 amide bonds. The first-order chi connectivity index (χ1) is 11.0. The summed E-state index contributed by atoms with van der Waals surface area (Å²) in [7, 11) is 0. The lowest BCUT2D eigenvalue weighted by atomic mass is 10.0. The van der Waals surface area contributed by atoms with Crippen molar-refractivity contribution in [2.24, 2.45) is 5.73 Å². The van der Waals surface area contributed by atoms with Crippen LogP contribution in [0.15, 0.2) is 27.8 Å². The summed E-state index contributed by atoms with van der Waals surface area (Å²) in [6.45, 7) is 3.43. The highest BCUT2D eigenvalue weighted by Gasteiger charge is 2.22. The normalized spacial score (nSPS) is 18.3. The van der Waals surface area contributed by atoms with E-state index in [-0.39, 0.29) is 11.9 Å². The molecule has 1 unspecified atom stereocenters. The Bertz CT molecular complexity index is 868. The number of aromatic nitrogens is 2. The highest BCUT2D eigenvalue weighted by molar-refractivity contribution is 5.97. The number of carbonyl (C=O) groups excluding carboxylic acids is 1. The van der Waals surface area contributed by atoms with Crippen molar-refractivity contribution in [2.75, 3.05) is 13.1 Å². The SMILES string of the molecule is CCn1c(=O)c(=O)[nH]c2cc(C(=O)N3CCCC(N)C3)ccc21. The van der Waals surface area contributed by atoms with Crippen LogP contribution in [0.25, 0.3) is 11.0 Å². The van der Waals surface area contributed by atoms with Crippen LogP contribution in [0.1, 0.15) is 30.1 Å². The van der Waals surface area contributed by atoms with Gasteiger partial charge in [-0.15, -0.1) is 0 Å². The second-order valence-corrected chi connectivity index (χ2v) is 5.89. The second kappa shape index (κ2) is 6.00. The molecular formula is C16H20N4O3. The molecule has 122 valence electrons. The van der Waals surface area contributed by atoms with Crippen molar-refractivity contribution in [3.05, 3.63) is 44.5 Å². The maximum Gasteiger partial charge on any atom is 0.316 e. The first kappa shape index (κ1) is 15.5. The van der Waals surface area contributed by atoms with Gasteiger partial charge in [0.25, 0.3) is 5.91 Å². The van der Waals surface area contributed by atoms with Gasteiger partial charge in [-0.05, 0) is 38.0 Å². The second-order valence-electron chi connectivity index (χ2n) is 5.89. The van der Waals surface area contributed by atoms with Gasteiger partial charge in [-0.2, -0.15) is 0 Å². The van der Waals surface area contributed by atoms with Gasteiger partial charge in [-0.25, -0.2) is 0 Å². The van der Waals surface area contributed by atoms with E-state index in [1.807, 2.05) is 0 Å². The molecule has 0 saturated carbocycles. The van der Waals surface area contributed by atoms with Crippen LogP contribution in [0.3, 0.4) is 0 Å². The third-order valence-electron chi connectivity index (χ3n) is 4.28. The summed E-state index contributed by atoms with van der Waals surface area (Å²) in [6, 6.07) is 5.03. The van der Waals surface area contributed by atoms with Crippen LogP contribution < -0.4 is 16.9 Å². The zero-order chi connectivity index (χ0) is 16.6. The molecule has 7 nitrogen and oxygen atoms in total.